The Morgan fingerprint density at radius 2 is 1.88 bits per heavy atom. The quantitative estimate of drug-likeness (QED) is 0.626. The Morgan fingerprint density at radius 3 is 2.54 bits per heavy atom. The fourth-order valence-electron chi connectivity index (χ4n) is 2.37. The molecule has 0 unspecified atom stereocenters. The molecule has 0 atom stereocenters. The highest BCUT2D eigenvalue weighted by atomic mass is 79.9. The molecule has 136 valence electrons. The van der Waals surface area contributed by atoms with E-state index in [9.17, 15) is 4.79 Å². The number of halogens is 1. The number of thiazole rings is 1. The average molecular weight is 436 g/mol. The molecule has 1 N–H and O–H groups in total. The molecule has 0 bridgehead atoms. The van der Waals surface area contributed by atoms with Gasteiger partial charge in [-0.1, -0.05) is 13.8 Å². The van der Waals surface area contributed by atoms with Gasteiger partial charge in [-0.2, -0.15) is 0 Å². The first-order valence-electron chi connectivity index (χ1n) is 7.92. The van der Waals surface area contributed by atoms with Crippen LogP contribution in [-0.2, 0) is 4.79 Å². The second-order valence-electron chi connectivity index (χ2n) is 5.87. The number of aromatic nitrogens is 2. The molecule has 1 amide bonds. The highest BCUT2D eigenvalue weighted by Crippen LogP contribution is 2.38. The maximum atomic E-state index is 11.8. The van der Waals surface area contributed by atoms with Gasteiger partial charge in [-0.3, -0.25) is 4.79 Å². The summed E-state index contributed by atoms with van der Waals surface area (Å²) in [5, 5.41) is 6.08. The van der Waals surface area contributed by atoms with Crippen LogP contribution in [0.5, 0.6) is 11.5 Å². The molecule has 26 heavy (non-hydrogen) atoms. The number of pyridine rings is 1. The van der Waals surface area contributed by atoms with E-state index < -0.39 is 0 Å². The first kappa shape index (κ1) is 18.6. The van der Waals surface area contributed by atoms with Crippen molar-refractivity contribution in [3.8, 4) is 22.9 Å². The third-order valence-electron chi connectivity index (χ3n) is 3.81. The third kappa shape index (κ3) is 3.52. The number of benzene rings is 1. The van der Waals surface area contributed by atoms with Crippen molar-refractivity contribution in [1.29, 1.82) is 0 Å². The van der Waals surface area contributed by atoms with Crippen LogP contribution in [0, 0.1) is 5.92 Å². The van der Waals surface area contributed by atoms with Crippen molar-refractivity contribution in [3.05, 3.63) is 28.1 Å². The number of carbonyl (C=O) groups is 1. The van der Waals surface area contributed by atoms with Gasteiger partial charge in [-0.15, -0.1) is 11.3 Å². The molecular formula is C18H18BrN3O3S. The Balaban J connectivity index is 2.07. The van der Waals surface area contributed by atoms with E-state index in [1.807, 2.05) is 37.4 Å². The number of hydrogen-bond acceptors (Lipinski definition) is 6. The van der Waals surface area contributed by atoms with Gasteiger partial charge >= 0.3 is 0 Å². The van der Waals surface area contributed by atoms with Gasteiger partial charge in [0.1, 0.15) is 17.2 Å². The number of anilines is 1. The summed E-state index contributed by atoms with van der Waals surface area (Å²) in [6.07, 6.45) is 0. The molecule has 2 heterocycles. The minimum Gasteiger partial charge on any atom is -0.496 e. The van der Waals surface area contributed by atoms with E-state index >= 15 is 0 Å². The normalized spacial score (nSPS) is 11.0. The molecule has 6 nitrogen and oxygen atoms in total. The zero-order valence-electron chi connectivity index (χ0n) is 14.8. The second kappa shape index (κ2) is 7.59. The number of nitrogens with one attached hydrogen (secondary N) is 1. The molecule has 0 saturated heterocycles. The van der Waals surface area contributed by atoms with Crippen LogP contribution >= 0.6 is 27.3 Å². The Morgan fingerprint density at radius 1 is 1.15 bits per heavy atom. The minimum absolute atomic E-state index is 0.0672. The van der Waals surface area contributed by atoms with Crippen LogP contribution in [0.15, 0.2) is 28.1 Å². The van der Waals surface area contributed by atoms with Crippen LogP contribution < -0.4 is 14.8 Å². The summed E-state index contributed by atoms with van der Waals surface area (Å²) in [6, 6.07) is 5.60. The molecule has 0 saturated carbocycles. The van der Waals surface area contributed by atoms with E-state index in [4.69, 9.17) is 14.5 Å². The number of hydrogen-bond donors (Lipinski definition) is 1. The highest BCUT2D eigenvalue weighted by Gasteiger charge is 2.16. The van der Waals surface area contributed by atoms with Crippen molar-refractivity contribution < 1.29 is 14.3 Å². The molecule has 3 aromatic rings. The lowest BCUT2D eigenvalue weighted by atomic mass is 10.1. The summed E-state index contributed by atoms with van der Waals surface area (Å²) in [6.45, 7) is 3.68. The lowest BCUT2D eigenvalue weighted by Crippen LogP contribution is -2.17. The van der Waals surface area contributed by atoms with Crippen LogP contribution in [-0.4, -0.2) is 30.1 Å². The smallest absolute Gasteiger partial charge is 0.228 e. The molecule has 0 aliphatic carbocycles. The van der Waals surface area contributed by atoms with Gasteiger partial charge in [0.05, 0.1) is 29.9 Å². The van der Waals surface area contributed by atoms with E-state index in [2.05, 4.69) is 26.2 Å². The summed E-state index contributed by atoms with van der Waals surface area (Å²) in [5.41, 5.74) is 2.05. The van der Waals surface area contributed by atoms with Gasteiger partial charge in [-0.05, 0) is 28.1 Å². The Labute approximate surface area is 163 Å². The van der Waals surface area contributed by atoms with Crippen LogP contribution in [0.4, 0.5) is 5.13 Å². The van der Waals surface area contributed by atoms with Gasteiger partial charge in [0.2, 0.25) is 5.91 Å². The topological polar surface area (TPSA) is 73.3 Å². The molecule has 0 aliphatic heterocycles. The molecule has 1 aromatic carbocycles. The van der Waals surface area contributed by atoms with E-state index in [1.165, 1.54) is 11.3 Å². The number of amides is 1. The lowest BCUT2D eigenvalue weighted by molar-refractivity contribution is -0.118. The predicted molar refractivity (Wildman–Crippen MR) is 107 cm³/mol. The number of nitrogens with zero attached hydrogens (tertiary/aromatic N) is 2. The third-order valence-corrected chi connectivity index (χ3v) is 5.33. The van der Waals surface area contributed by atoms with Crippen LogP contribution in [0.3, 0.4) is 0 Å². The van der Waals surface area contributed by atoms with Gasteiger partial charge in [0.25, 0.3) is 0 Å². The van der Waals surface area contributed by atoms with E-state index in [-0.39, 0.29) is 11.8 Å². The largest absolute Gasteiger partial charge is 0.496 e. The summed E-state index contributed by atoms with van der Waals surface area (Å²) in [7, 11) is 3.23. The molecule has 0 radical (unpaired) electrons. The van der Waals surface area contributed by atoms with Crippen molar-refractivity contribution in [3.63, 3.8) is 0 Å². The molecule has 2 aromatic heterocycles. The number of ether oxygens (including phenoxy) is 2. The predicted octanol–water partition coefficient (Wildman–Crippen LogP) is 4.73. The lowest BCUT2D eigenvalue weighted by Gasteiger charge is -2.11. The second-order valence-corrected chi connectivity index (χ2v) is 7.52. The number of fused-ring (bicyclic) bond motifs is 1. The van der Waals surface area contributed by atoms with E-state index in [0.29, 0.717) is 28.0 Å². The molecule has 8 heteroatoms. The van der Waals surface area contributed by atoms with Crippen molar-refractivity contribution in [2.45, 2.75) is 13.8 Å². The number of carbonyl (C=O) groups excluding carboxylic acids is 1. The molecule has 0 spiro atoms. The van der Waals surface area contributed by atoms with Gasteiger partial charge in [0, 0.05) is 22.8 Å². The van der Waals surface area contributed by atoms with Gasteiger partial charge < -0.3 is 14.8 Å². The first-order chi connectivity index (χ1) is 12.4. The Kier molecular flexibility index (Phi) is 5.43. The molecular weight excluding hydrogens is 418 g/mol. The summed E-state index contributed by atoms with van der Waals surface area (Å²) < 4.78 is 11.6. The maximum absolute atomic E-state index is 11.8. The monoisotopic (exact) mass is 435 g/mol. The van der Waals surface area contributed by atoms with E-state index in [1.54, 1.807) is 14.2 Å². The zero-order chi connectivity index (χ0) is 18.8. The SMILES string of the molecule is COc1ccc2c(OC)cc(-c3csc(NC(=O)C(C)C)n3)nc2c1Br. The van der Waals surface area contributed by atoms with Gasteiger partial charge in [-0.25, -0.2) is 9.97 Å². The summed E-state index contributed by atoms with van der Waals surface area (Å²) in [5.74, 6) is 1.20. The Bertz CT molecular complexity index is 972. The molecule has 0 fully saturated rings. The maximum Gasteiger partial charge on any atom is 0.228 e. The molecule has 0 aliphatic rings. The summed E-state index contributed by atoms with van der Waals surface area (Å²) in [4.78, 5) is 21.0. The Hall–Kier alpha value is -2.19. The average Bonchev–Trinajstić information content (AvgIpc) is 3.09. The number of rotatable bonds is 5. The van der Waals surface area contributed by atoms with Crippen LogP contribution in [0.25, 0.3) is 22.3 Å². The summed E-state index contributed by atoms with van der Waals surface area (Å²) >= 11 is 4.91. The fraction of sp³-hybridized carbons (Fsp3) is 0.278. The standard InChI is InChI=1S/C18H18BrN3O3S/c1-9(2)17(23)22-18-21-12(8-26-18)11-7-14(25-4)10-5-6-13(24-3)15(19)16(10)20-11/h5-9H,1-4H3,(H,21,22,23). The van der Waals surface area contributed by atoms with Crippen molar-refractivity contribution in [1.82, 2.24) is 9.97 Å². The van der Waals surface area contributed by atoms with E-state index in [0.717, 1.165) is 15.4 Å². The highest BCUT2D eigenvalue weighted by molar-refractivity contribution is 9.10. The van der Waals surface area contributed by atoms with Crippen LogP contribution in [0.2, 0.25) is 0 Å². The van der Waals surface area contributed by atoms with Crippen LogP contribution in [0.1, 0.15) is 13.8 Å². The fourth-order valence-corrected chi connectivity index (χ4v) is 3.67. The van der Waals surface area contributed by atoms with Crippen molar-refractivity contribution in [2.24, 2.45) is 5.92 Å². The number of methoxy groups -OCH3 is 2. The van der Waals surface area contributed by atoms with Crippen molar-refractivity contribution in [2.75, 3.05) is 19.5 Å². The molecule has 3 rings (SSSR count). The minimum atomic E-state index is -0.107. The van der Waals surface area contributed by atoms with Crippen molar-refractivity contribution >= 4 is 49.2 Å². The first-order valence-corrected chi connectivity index (χ1v) is 9.59. The van der Waals surface area contributed by atoms with Gasteiger partial charge in [0.15, 0.2) is 5.13 Å². The zero-order valence-corrected chi connectivity index (χ0v) is 17.2.